The highest BCUT2D eigenvalue weighted by molar-refractivity contribution is 5.44. The summed E-state index contributed by atoms with van der Waals surface area (Å²) in [5.74, 6) is 1.51. The Balaban J connectivity index is 2.07. The Hall–Kier alpha value is -1.06. The topological polar surface area (TPSA) is 41.5 Å². The first-order valence-corrected chi connectivity index (χ1v) is 5.84. The number of hydrogen-bond acceptors (Lipinski definition) is 3. The Kier molecular flexibility index (Phi) is 2.19. The summed E-state index contributed by atoms with van der Waals surface area (Å²) in [6.07, 6.45) is 1.15. The predicted octanol–water partition coefficient (Wildman–Crippen LogP) is 1.41. The van der Waals surface area contributed by atoms with E-state index >= 15 is 0 Å². The van der Waals surface area contributed by atoms with Gasteiger partial charge in [-0.1, -0.05) is 6.07 Å². The molecule has 3 heteroatoms. The van der Waals surface area contributed by atoms with E-state index in [1.165, 1.54) is 5.56 Å². The molecule has 0 amide bonds. The molecule has 1 aromatic rings. The molecule has 2 heterocycles. The van der Waals surface area contributed by atoms with E-state index < -0.39 is 0 Å². The summed E-state index contributed by atoms with van der Waals surface area (Å²) in [6, 6.07) is 6.01. The second kappa shape index (κ2) is 3.47. The van der Waals surface area contributed by atoms with Gasteiger partial charge in [0.2, 0.25) is 0 Å². The lowest BCUT2D eigenvalue weighted by Gasteiger charge is -2.37. The van der Waals surface area contributed by atoms with Crippen molar-refractivity contribution in [2.24, 2.45) is 0 Å². The number of benzene rings is 1. The summed E-state index contributed by atoms with van der Waals surface area (Å²) in [6.45, 7) is 4.11. The van der Waals surface area contributed by atoms with E-state index in [9.17, 15) is 5.11 Å². The highest BCUT2D eigenvalue weighted by atomic mass is 16.5. The maximum absolute atomic E-state index is 9.19. The summed E-state index contributed by atoms with van der Waals surface area (Å²) in [5, 5.41) is 12.7. The van der Waals surface area contributed by atoms with E-state index in [2.05, 4.69) is 18.3 Å². The first-order chi connectivity index (χ1) is 7.73. The van der Waals surface area contributed by atoms with E-state index in [1.807, 2.05) is 12.1 Å². The Morgan fingerprint density at radius 3 is 3.25 bits per heavy atom. The minimum atomic E-state index is 0.0705. The predicted molar refractivity (Wildman–Crippen MR) is 61.6 cm³/mol. The molecular weight excluding hydrogens is 202 g/mol. The molecule has 0 saturated carbocycles. The molecule has 1 fully saturated rings. The third kappa shape index (κ3) is 1.35. The number of fused-ring (bicyclic) bond motifs is 3. The second-order valence-corrected chi connectivity index (χ2v) is 5.00. The molecule has 0 radical (unpaired) electrons. The van der Waals surface area contributed by atoms with Gasteiger partial charge in [-0.05, 0) is 43.1 Å². The fourth-order valence-electron chi connectivity index (χ4n) is 2.92. The van der Waals surface area contributed by atoms with Crippen molar-refractivity contribution in [2.75, 3.05) is 13.2 Å². The molecule has 0 spiro atoms. The van der Waals surface area contributed by atoms with Crippen molar-refractivity contribution in [2.45, 2.75) is 31.4 Å². The molecule has 1 aromatic carbocycles. The lowest BCUT2D eigenvalue weighted by molar-refractivity contribution is 0.170. The van der Waals surface area contributed by atoms with Gasteiger partial charge < -0.3 is 15.2 Å². The summed E-state index contributed by atoms with van der Waals surface area (Å²) in [7, 11) is 0. The number of rotatable bonds is 1. The van der Waals surface area contributed by atoms with Crippen LogP contribution in [0.4, 0.5) is 0 Å². The summed E-state index contributed by atoms with van der Waals surface area (Å²) < 4.78 is 5.80. The number of nitrogens with one attached hydrogen (secondary N) is 1. The lowest BCUT2D eigenvalue weighted by atomic mass is 9.80. The molecule has 2 N–H and O–H groups in total. The van der Waals surface area contributed by atoms with Crippen molar-refractivity contribution >= 4 is 0 Å². The molecule has 1 saturated heterocycles. The molecule has 0 bridgehead atoms. The fourth-order valence-corrected chi connectivity index (χ4v) is 2.92. The molecule has 3 rings (SSSR count). The Labute approximate surface area is 95.4 Å². The molecule has 16 heavy (non-hydrogen) atoms. The van der Waals surface area contributed by atoms with Crippen LogP contribution in [-0.2, 0) is 6.61 Å². The maximum Gasteiger partial charge on any atom is 0.122 e. The normalized spacial score (nSPS) is 31.8. The van der Waals surface area contributed by atoms with Gasteiger partial charge in [-0.2, -0.15) is 0 Å². The van der Waals surface area contributed by atoms with Crippen LogP contribution in [0.15, 0.2) is 18.2 Å². The van der Waals surface area contributed by atoms with Crippen molar-refractivity contribution in [3.63, 3.8) is 0 Å². The minimum Gasteiger partial charge on any atom is -0.491 e. The van der Waals surface area contributed by atoms with Crippen molar-refractivity contribution in [1.82, 2.24) is 5.32 Å². The minimum absolute atomic E-state index is 0.0705. The molecule has 0 aliphatic carbocycles. The molecule has 2 aliphatic rings. The molecular formula is C13H17NO2. The number of aliphatic hydroxyl groups is 1. The third-order valence-corrected chi connectivity index (χ3v) is 3.89. The zero-order chi connectivity index (χ0) is 11.2. The number of ether oxygens (including phenoxy) is 1. The summed E-state index contributed by atoms with van der Waals surface area (Å²) in [4.78, 5) is 0. The van der Waals surface area contributed by atoms with Gasteiger partial charge in [0.05, 0.1) is 12.1 Å². The molecule has 86 valence electrons. The van der Waals surface area contributed by atoms with E-state index in [4.69, 9.17) is 4.74 Å². The van der Waals surface area contributed by atoms with Crippen LogP contribution in [-0.4, -0.2) is 23.8 Å². The van der Waals surface area contributed by atoms with E-state index in [1.54, 1.807) is 0 Å². The van der Waals surface area contributed by atoms with Crippen LogP contribution in [0.5, 0.6) is 5.75 Å². The monoisotopic (exact) mass is 219 g/mol. The third-order valence-electron chi connectivity index (χ3n) is 3.89. The van der Waals surface area contributed by atoms with Crippen molar-refractivity contribution in [3.05, 3.63) is 29.3 Å². The van der Waals surface area contributed by atoms with Crippen LogP contribution < -0.4 is 10.1 Å². The van der Waals surface area contributed by atoms with Gasteiger partial charge in [0.25, 0.3) is 0 Å². The smallest absolute Gasteiger partial charge is 0.122 e. The largest absolute Gasteiger partial charge is 0.491 e. The highest BCUT2D eigenvalue weighted by Crippen LogP contribution is 2.44. The Morgan fingerprint density at radius 2 is 2.44 bits per heavy atom. The van der Waals surface area contributed by atoms with Crippen LogP contribution >= 0.6 is 0 Å². The quantitative estimate of drug-likeness (QED) is 0.750. The zero-order valence-electron chi connectivity index (χ0n) is 9.49. The van der Waals surface area contributed by atoms with Gasteiger partial charge in [-0.15, -0.1) is 0 Å². The highest BCUT2D eigenvalue weighted by Gasteiger charge is 2.44. The van der Waals surface area contributed by atoms with Gasteiger partial charge >= 0.3 is 0 Å². The Bertz CT molecular complexity index is 418. The van der Waals surface area contributed by atoms with Gasteiger partial charge in [-0.3, -0.25) is 0 Å². The average Bonchev–Trinajstić information content (AvgIpc) is 2.70. The summed E-state index contributed by atoms with van der Waals surface area (Å²) >= 11 is 0. The number of aliphatic hydroxyl groups excluding tert-OH is 1. The summed E-state index contributed by atoms with van der Waals surface area (Å²) in [5.41, 5.74) is 2.30. The van der Waals surface area contributed by atoms with Crippen LogP contribution in [0, 0.1) is 0 Å². The van der Waals surface area contributed by atoms with Crippen LogP contribution in [0.25, 0.3) is 0 Å². The van der Waals surface area contributed by atoms with Gasteiger partial charge in [0, 0.05) is 5.92 Å². The van der Waals surface area contributed by atoms with Gasteiger partial charge in [0.1, 0.15) is 12.4 Å². The average molecular weight is 219 g/mol. The maximum atomic E-state index is 9.19. The molecule has 3 nitrogen and oxygen atoms in total. The molecule has 2 aliphatic heterocycles. The van der Waals surface area contributed by atoms with E-state index in [0.29, 0.717) is 5.92 Å². The van der Waals surface area contributed by atoms with Crippen molar-refractivity contribution < 1.29 is 9.84 Å². The fraction of sp³-hybridized carbons (Fsp3) is 0.538. The zero-order valence-corrected chi connectivity index (χ0v) is 9.49. The number of hydrogen-bond donors (Lipinski definition) is 2. The SMILES string of the molecule is C[C@@]12COc3ccc(CO)cc3[C@@H]1CCN2. The van der Waals surface area contributed by atoms with Crippen molar-refractivity contribution in [3.8, 4) is 5.75 Å². The van der Waals surface area contributed by atoms with Crippen molar-refractivity contribution in [1.29, 1.82) is 0 Å². The second-order valence-electron chi connectivity index (χ2n) is 5.00. The first kappa shape index (κ1) is 10.1. The van der Waals surface area contributed by atoms with E-state index in [0.717, 1.165) is 30.9 Å². The molecule has 0 unspecified atom stereocenters. The van der Waals surface area contributed by atoms with Gasteiger partial charge in [-0.25, -0.2) is 0 Å². The first-order valence-electron chi connectivity index (χ1n) is 5.84. The standard InChI is InChI=1S/C13H17NO2/c1-13-8-16-12-3-2-9(7-15)6-10(12)11(13)4-5-14-13/h2-3,6,11,14-15H,4-5,7-8H2,1H3/t11-,13+/m0/s1. The van der Waals surface area contributed by atoms with Crippen LogP contribution in [0.2, 0.25) is 0 Å². The van der Waals surface area contributed by atoms with E-state index in [-0.39, 0.29) is 12.1 Å². The van der Waals surface area contributed by atoms with Crippen LogP contribution in [0.1, 0.15) is 30.4 Å². The Morgan fingerprint density at radius 1 is 1.56 bits per heavy atom. The lowest BCUT2D eigenvalue weighted by Crippen LogP contribution is -2.48. The molecule has 0 aromatic heterocycles. The van der Waals surface area contributed by atoms with Crippen LogP contribution in [0.3, 0.4) is 0 Å². The van der Waals surface area contributed by atoms with Gasteiger partial charge in [0.15, 0.2) is 0 Å². The molecule has 2 atom stereocenters.